The van der Waals surface area contributed by atoms with Crippen LogP contribution in [0.15, 0.2) is 54.6 Å². The average molecular weight is 385 g/mol. The molecular formula is C19H25N6O3+. The summed E-state index contributed by atoms with van der Waals surface area (Å²) in [5.74, 6) is 8.95. The van der Waals surface area contributed by atoms with Crippen LogP contribution in [-0.2, 0) is 16.0 Å². The highest BCUT2D eigenvalue weighted by Crippen LogP contribution is 2.19. The molecule has 0 radical (unpaired) electrons. The average Bonchev–Trinajstić information content (AvgIpc) is 2.72. The number of carbonyl (C=O) groups excluding carboxylic acids is 1. The van der Waals surface area contributed by atoms with Crippen LogP contribution in [0.5, 0.6) is 0 Å². The summed E-state index contributed by atoms with van der Waals surface area (Å²) in [4.78, 5) is 23.7. The highest BCUT2D eigenvalue weighted by atomic mass is 16.4. The zero-order valence-corrected chi connectivity index (χ0v) is 15.5. The van der Waals surface area contributed by atoms with Gasteiger partial charge < -0.3 is 5.11 Å². The second-order valence-corrected chi connectivity index (χ2v) is 6.20. The predicted molar refractivity (Wildman–Crippen MR) is 105 cm³/mol. The molecular weight excluding hydrogens is 360 g/mol. The largest absolute Gasteiger partial charge is 0.480 e. The van der Waals surface area contributed by atoms with Crippen LogP contribution >= 0.6 is 0 Å². The summed E-state index contributed by atoms with van der Waals surface area (Å²) in [6, 6.07) is 15.9. The topological polar surface area (TPSA) is 156 Å². The maximum Gasteiger partial charge on any atom is 0.389 e. The molecule has 2 atom stereocenters. The molecule has 2 aromatic carbocycles. The van der Waals surface area contributed by atoms with Crippen LogP contribution in [0.2, 0.25) is 0 Å². The standard InChI is InChI=1S/C19H24N6O3/c1-12(18(27)28)22-16(17(26)23-19(24-20)25-21)11-13-7-9-15(10-8-13)14-5-3-2-4-6-14/h2-10,12,16,22H,11,20-21H2,1H3,(H,27,28)(H2,23,24,25,26)/p+1/t12-,16?/m0/s1. The molecule has 0 fully saturated rings. The van der Waals surface area contributed by atoms with Crippen molar-refractivity contribution in [3.63, 3.8) is 0 Å². The fourth-order valence-corrected chi connectivity index (χ4v) is 2.62. The maximum atomic E-state index is 12.5. The Hall–Kier alpha value is -3.43. The fraction of sp³-hybridized carbons (Fsp3) is 0.211. The van der Waals surface area contributed by atoms with Gasteiger partial charge in [0, 0.05) is 0 Å². The van der Waals surface area contributed by atoms with Crippen molar-refractivity contribution in [3.05, 3.63) is 60.2 Å². The van der Waals surface area contributed by atoms with E-state index in [0.717, 1.165) is 16.7 Å². The van der Waals surface area contributed by atoms with E-state index in [0.29, 0.717) is 0 Å². The van der Waals surface area contributed by atoms with Crippen molar-refractivity contribution in [3.8, 4) is 11.1 Å². The van der Waals surface area contributed by atoms with Gasteiger partial charge in [-0.3, -0.25) is 20.7 Å². The van der Waals surface area contributed by atoms with Crippen molar-refractivity contribution in [2.45, 2.75) is 25.4 Å². The third-order valence-corrected chi connectivity index (χ3v) is 4.18. The van der Waals surface area contributed by atoms with Gasteiger partial charge in [-0.2, -0.15) is 10.9 Å². The molecule has 0 saturated carbocycles. The fourth-order valence-electron chi connectivity index (χ4n) is 2.62. The number of nitrogens with two attached hydrogens (primary N) is 2. The van der Waals surface area contributed by atoms with E-state index in [9.17, 15) is 9.59 Å². The molecule has 0 heterocycles. The van der Waals surface area contributed by atoms with Gasteiger partial charge in [-0.1, -0.05) is 54.6 Å². The number of carboxylic acids is 1. The zero-order chi connectivity index (χ0) is 20.5. The van der Waals surface area contributed by atoms with Crippen LogP contribution < -0.4 is 32.8 Å². The smallest absolute Gasteiger partial charge is 0.389 e. The van der Waals surface area contributed by atoms with Gasteiger partial charge in [-0.05, 0) is 30.0 Å². The number of nitrogens with one attached hydrogen (secondary N) is 4. The van der Waals surface area contributed by atoms with E-state index < -0.39 is 24.0 Å². The lowest BCUT2D eigenvalue weighted by atomic mass is 10.00. The molecule has 148 valence electrons. The second kappa shape index (κ2) is 10.0. The number of rotatable bonds is 7. The number of carbonyl (C=O) groups is 2. The van der Waals surface area contributed by atoms with Crippen molar-refractivity contribution >= 4 is 17.8 Å². The third kappa shape index (κ3) is 5.79. The van der Waals surface area contributed by atoms with E-state index in [1.807, 2.05) is 54.6 Å². The summed E-state index contributed by atoms with van der Waals surface area (Å²) in [5.41, 5.74) is 5.21. The molecule has 0 bridgehead atoms. The van der Waals surface area contributed by atoms with E-state index in [1.165, 1.54) is 6.92 Å². The normalized spacial score (nSPS) is 13.4. The van der Waals surface area contributed by atoms with Crippen LogP contribution in [0.25, 0.3) is 11.1 Å². The van der Waals surface area contributed by atoms with E-state index in [4.69, 9.17) is 16.8 Å². The molecule has 1 unspecified atom stereocenters. The highest BCUT2D eigenvalue weighted by molar-refractivity contribution is 5.97. The molecule has 0 saturated heterocycles. The Morgan fingerprint density at radius 2 is 1.68 bits per heavy atom. The zero-order valence-electron chi connectivity index (χ0n) is 15.5. The van der Waals surface area contributed by atoms with E-state index in [2.05, 4.69) is 21.2 Å². The molecule has 9 heteroatoms. The summed E-state index contributed by atoms with van der Waals surface area (Å²) in [6.07, 6.45) is 0.279. The van der Waals surface area contributed by atoms with Crippen molar-refractivity contribution in [1.82, 2.24) is 16.1 Å². The number of hydrazone groups is 1. The van der Waals surface area contributed by atoms with E-state index >= 15 is 0 Å². The number of amides is 1. The van der Waals surface area contributed by atoms with Crippen LogP contribution in [0.3, 0.4) is 0 Å². The van der Waals surface area contributed by atoms with E-state index in [1.54, 1.807) is 0 Å². The minimum absolute atomic E-state index is 0.000737. The first kappa shape index (κ1) is 20.9. The molecule has 1 amide bonds. The lowest BCUT2D eigenvalue weighted by Gasteiger charge is -2.19. The first-order valence-electron chi connectivity index (χ1n) is 8.69. The molecule has 28 heavy (non-hydrogen) atoms. The lowest BCUT2D eigenvalue weighted by molar-refractivity contribution is -0.473. The summed E-state index contributed by atoms with van der Waals surface area (Å²) < 4.78 is 0. The Morgan fingerprint density at radius 3 is 2.21 bits per heavy atom. The SMILES string of the molecule is C[C@H](NC(Cc1ccc(-c2ccccc2)cc1)C(=O)N/C(NN)=[NH+]/N)C(=O)O. The summed E-state index contributed by atoms with van der Waals surface area (Å²) in [6.45, 7) is 1.47. The molecule has 0 aliphatic rings. The minimum atomic E-state index is -1.06. The maximum absolute atomic E-state index is 12.5. The van der Waals surface area contributed by atoms with Gasteiger partial charge in [-0.25, -0.2) is 10.7 Å². The van der Waals surface area contributed by atoms with Crippen LogP contribution in [0, 0.1) is 0 Å². The third-order valence-electron chi connectivity index (χ3n) is 4.18. The molecule has 0 aliphatic carbocycles. The molecule has 0 spiro atoms. The molecule has 0 aliphatic heterocycles. The van der Waals surface area contributed by atoms with Crippen molar-refractivity contribution < 1.29 is 19.8 Å². The number of hydrazine groups is 2. The van der Waals surface area contributed by atoms with Gasteiger partial charge in [0.25, 0.3) is 5.91 Å². The Kier molecular flexibility index (Phi) is 7.49. The summed E-state index contributed by atoms with van der Waals surface area (Å²) >= 11 is 0. The summed E-state index contributed by atoms with van der Waals surface area (Å²) in [7, 11) is 0. The van der Waals surface area contributed by atoms with Crippen molar-refractivity contribution in [2.24, 2.45) is 11.7 Å². The monoisotopic (exact) mass is 385 g/mol. The first-order chi connectivity index (χ1) is 13.4. The van der Waals surface area contributed by atoms with Gasteiger partial charge in [0.2, 0.25) is 0 Å². The number of guanidine groups is 1. The van der Waals surface area contributed by atoms with Crippen LogP contribution in [-0.4, -0.2) is 35.0 Å². The van der Waals surface area contributed by atoms with Crippen molar-refractivity contribution in [2.75, 3.05) is 0 Å². The second-order valence-electron chi connectivity index (χ2n) is 6.20. The highest BCUT2D eigenvalue weighted by Gasteiger charge is 2.27. The minimum Gasteiger partial charge on any atom is -0.480 e. The van der Waals surface area contributed by atoms with E-state index in [-0.39, 0.29) is 12.4 Å². The lowest BCUT2D eigenvalue weighted by Crippen LogP contribution is -2.86. The van der Waals surface area contributed by atoms with Crippen molar-refractivity contribution in [1.29, 1.82) is 0 Å². The molecule has 9 N–H and O–H groups in total. The Balaban J connectivity index is 2.16. The molecule has 2 rings (SSSR count). The first-order valence-corrected chi connectivity index (χ1v) is 8.69. The number of hydrogen-bond donors (Lipinski definition) is 7. The van der Waals surface area contributed by atoms with Gasteiger partial charge in [0.1, 0.15) is 12.1 Å². The van der Waals surface area contributed by atoms with Crippen LogP contribution in [0.4, 0.5) is 0 Å². The Labute approximate surface area is 162 Å². The predicted octanol–water partition coefficient (Wildman–Crippen LogP) is -1.78. The van der Waals surface area contributed by atoms with Gasteiger partial charge in [0.15, 0.2) is 0 Å². The number of carboxylic acid groups (broad SMARTS) is 1. The van der Waals surface area contributed by atoms with Gasteiger partial charge >= 0.3 is 11.9 Å². The number of hydrogen-bond acceptors (Lipinski definition) is 5. The van der Waals surface area contributed by atoms with Gasteiger partial charge in [-0.15, -0.1) is 0 Å². The quantitative estimate of drug-likeness (QED) is 0.128. The molecule has 9 nitrogen and oxygen atoms in total. The Bertz CT molecular complexity index is 823. The van der Waals surface area contributed by atoms with Crippen LogP contribution in [0.1, 0.15) is 12.5 Å². The molecule has 2 aromatic rings. The Morgan fingerprint density at radius 1 is 1.07 bits per heavy atom. The number of aliphatic carboxylic acids is 1. The number of benzene rings is 2. The molecule has 0 aromatic heterocycles. The van der Waals surface area contributed by atoms with Gasteiger partial charge in [0.05, 0.1) is 0 Å². The summed E-state index contributed by atoms with van der Waals surface area (Å²) in [5, 5.41) is 16.6.